The first-order valence-corrected chi connectivity index (χ1v) is 9.57. The Morgan fingerprint density at radius 2 is 1.35 bits per heavy atom. The number of amides is 1. The zero-order chi connectivity index (χ0) is 22.2. The summed E-state index contributed by atoms with van der Waals surface area (Å²) in [6, 6.07) is 21.2. The van der Waals surface area contributed by atoms with Crippen LogP contribution >= 0.6 is 0 Å². The molecule has 160 valence electrons. The van der Waals surface area contributed by atoms with E-state index in [0.29, 0.717) is 28.7 Å². The number of methoxy groups -OCH3 is 2. The number of benzene rings is 3. The van der Waals surface area contributed by atoms with Crippen molar-refractivity contribution in [2.45, 2.75) is 13.0 Å². The van der Waals surface area contributed by atoms with Gasteiger partial charge in [-0.1, -0.05) is 24.3 Å². The fourth-order valence-corrected chi connectivity index (χ4v) is 2.80. The lowest BCUT2D eigenvalue weighted by atomic mass is 10.1. The van der Waals surface area contributed by atoms with Crippen LogP contribution in [-0.4, -0.2) is 32.2 Å². The number of hydrogen-bond acceptors (Lipinski definition) is 6. The number of anilines is 1. The lowest BCUT2D eigenvalue weighted by Crippen LogP contribution is -2.30. The first-order valence-electron chi connectivity index (χ1n) is 9.57. The lowest BCUT2D eigenvalue weighted by molar-refractivity contribution is -0.123. The van der Waals surface area contributed by atoms with Crippen LogP contribution < -0.4 is 19.5 Å². The molecule has 0 heterocycles. The molecule has 31 heavy (non-hydrogen) atoms. The molecular weight excluding hydrogens is 398 g/mol. The summed E-state index contributed by atoms with van der Waals surface area (Å²) in [6.45, 7) is 1.49. The van der Waals surface area contributed by atoms with Crippen LogP contribution in [-0.2, 0) is 9.53 Å². The van der Waals surface area contributed by atoms with Crippen molar-refractivity contribution < 1.29 is 28.5 Å². The van der Waals surface area contributed by atoms with Gasteiger partial charge in [0.15, 0.2) is 6.10 Å². The van der Waals surface area contributed by atoms with Gasteiger partial charge in [-0.25, -0.2) is 4.79 Å². The second-order valence-corrected chi connectivity index (χ2v) is 6.51. The first kappa shape index (κ1) is 21.7. The molecule has 0 aromatic heterocycles. The standard InChI is InChI=1S/C24H23NO6/c1-16(30-24(27)22-20(28-2)10-7-11-21(22)29-3)23(26)25-17-12-14-19(15-13-17)31-18-8-5-4-6-9-18/h4-16H,1-3H3,(H,25,26)/t16-/m0/s1. The van der Waals surface area contributed by atoms with Crippen molar-refractivity contribution >= 4 is 17.6 Å². The third-order valence-electron chi connectivity index (χ3n) is 4.39. The lowest BCUT2D eigenvalue weighted by Gasteiger charge is -2.16. The minimum atomic E-state index is -1.04. The van der Waals surface area contributed by atoms with Crippen molar-refractivity contribution in [2.75, 3.05) is 19.5 Å². The monoisotopic (exact) mass is 421 g/mol. The third kappa shape index (κ3) is 5.54. The van der Waals surface area contributed by atoms with Gasteiger partial charge in [0.2, 0.25) is 0 Å². The highest BCUT2D eigenvalue weighted by molar-refractivity contribution is 5.99. The van der Waals surface area contributed by atoms with Gasteiger partial charge in [0.05, 0.1) is 14.2 Å². The topological polar surface area (TPSA) is 83.1 Å². The van der Waals surface area contributed by atoms with E-state index in [0.717, 1.165) is 0 Å². The molecule has 3 aromatic rings. The number of rotatable bonds is 8. The number of hydrogen-bond donors (Lipinski definition) is 1. The summed E-state index contributed by atoms with van der Waals surface area (Å²) >= 11 is 0. The maximum absolute atomic E-state index is 12.6. The predicted molar refractivity (Wildman–Crippen MR) is 116 cm³/mol. The summed E-state index contributed by atoms with van der Waals surface area (Å²) in [7, 11) is 2.87. The molecule has 0 unspecified atom stereocenters. The molecule has 0 saturated heterocycles. The average molecular weight is 421 g/mol. The number of nitrogens with one attached hydrogen (secondary N) is 1. The smallest absolute Gasteiger partial charge is 0.346 e. The number of esters is 1. The molecule has 1 N–H and O–H groups in total. The van der Waals surface area contributed by atoms with Gasteiger partial charge in [-0.2, -0.15) is 0 Å². The van der Waals surface area contributed by atoms with Crippen LogP contribution in [0.3, 0.4) is 0 Å². The molecular formula is C24H23NO6. The molecule has 0 fully saturated rings. The highest BCUT2D eigenvalue weighted by Gasteiger charge is 2.24. The number of ether oxygens (including phenoxy) is 4. The van der Waals surface area contributed by atoms with Crippen molar-refractivity contribution in [3.8, 4) is 23.0 Å². The third-order valence-corrected chi connectivity index (χ3v) is 4.39. The largest absolute Gasteiger partial charge is 0.496 e. The quantitative estimate of drug-likeness (QED) is 0.532. The van der Waals surface area contributed by atoms with Gasteiger partial charge in [0.25, 0.3) is 5.91 Å². The maximum Gasteiger partial charge on any atom is 0.346 e. The van der Waals surface area contributed by atoms with Gasteiger partial charge in [0.1, 0.15) is 28.6 Å². The molecule has 3 aromatic carbocycles. The highest BCUT2D eigenvalue weighted by atomic mass is 16.6. The van der Waals surface area contributed by atoms with Crippen LogP contribution in [0.2, 0.25) is 0 Å². The van der Waals surface area contributed by atoms with Crippen LogP contribution in [0.15, 0.2) is 72.8 Å². The molecule has 7 heteroatoms. The summed E-state index contributed by atoms with van der Waals surface area (Å²) in [5.41, 5.74) is 0.665. The minimum Gasteiger partial charge on any atom is -0.496 e. The molecule has 0 spiro atoms. The fraction of sp³-hybridized carbons (Fsp3) is 0.167. The van der Waals surface area contributed by atoms with E-state index in [-0.39, 0.29) is 5.56 Å². The van der Waals surface area contributed by atoms with Crippen molar-refractivity contribution in [1.82, 2.24) is 0 Å². The summed E-state index contributed by atoms with van der Waals surface area (Å²) in [5, 5.41) is 2.71. The van der Waals surface area contributed by atoms with E-state index in [1.54, 1.807) is 42.5 Å². The Labute approximate surface area is 180 Å². The van der Waals surface area contributed by atoms with Crippen LogP contribution in [0.4, 0.5) is 5.69 Å². The predicted octanol–water partition coefficient (Wildman–Crippen LogP) is 4.68. The van der Waals surface area contributed by atoms with E-state index in [2.05, 4.69) is 5.32 Å². The Balaban J connectivity index is 1.61. The van der Waals surface area contributed by atoms with Gasteiger partial charge < -0.3 is 24.3 Å². The molecule has 7 nitrogen and oxygen atoms in total. The van der Waals surface area contributed by atoms with Crippen molar-refractivity contribution in [1.29, 1.82) is 0 Å². The van der Waals surface area contributed by atoms with Gasteiger partial charge in [0, 0.05) is 5.69 Å². The summed E-state index contributed by atoms with van der Waals surface area (Å²) in [5.74, 6) is 0.748. The minimum absolute atomic E-state index is 0.120. The van der Waals surface area contributed by atoms with E-state index < -0.39 is 18.0 Å². The van der Waals surface area contributed by atoms with E-state index in [9.17, 15) is 9.59 Å². The molecule has 3 rings (SSSR count). The molecule has 0 aliphatic rings. The maximum atomic E-state index is 12.6. The van der Waals surface area contributed by atoms with E-state index in [1.165, 1.54) is 21.1 Å². The van der Waals surface area contributed by atoms with Gasteiger partial charge in [-0.15, -0.1) is 0 Å². The van der Waals surface area contributed by atoms with Crippen LogP contribution in [0.1, 0.15) is 17.3 Å². The Morgan fingerprint density at radius 1 is 0.774 bits per heavy atom. The van der Waals surface area contributed by atoms with E-state index in [4.69, 9.17) is 18.9 Å². The van der Waals surface area contributed by atoms with Crippen LogP contribution in [0.25, 0.3) is 0 Å². The summed E-state index contributed by atoms with van der Waals surface area (Å²) < 4.78 is 21.5. The number of carbonyl (C=O) groups is 2. The number of para-hydroxylation sites is 1. The first-order chi connectivity index (χ1) is 15.0. The molecule has 1 atom stereocenters. The molecule has 1 amide bonds. The Kier molecular flexibility index (Phi) is 7.11. The summed E-state index contributed by atoms with van der Waals surface area (Å²) in [4.78, 5) is 25.1. The van der Waals surface area contributed by atoms with Gasteiger partial charge >= 0.3 is 5.97 Å². The normalized spacial score (nSPS) is 11.2. The zero-order valence-electron chi connectivity index (χ0n) is 17.5. The van der Waals surface area contributed by atoms with Gasteiger partial charge in [-0.3, -0.25) is 4.79 Å². The van der Waals surface area contributed by atoms with Gasteiger partial charge in [-0.05, 0) is 55.5 Å². The Bertz CT molecular complexity index is 1010. The molecule has 0 saturated carbocycles. The zero-order valence-corrected chi connectivity index (χ0v) is 17.5. The Morgan fingerprint density at radius 3 is 1.94 bits per heavy atom. The average Bonchev–Trinajstić information content (AvgIpc) is 2.80. The van der Waals surface area contributed by atoms with Crippen molar-refractivity contribution in [2.24, 2.45) is 0 Å². The van der Waals surface area contributed by atoms with Crippen LogP contribution in [0, 0.1) is 0 Å². The highest BCUT2D eigenvalue weighted by Crippen LogP contribution is 2.29. The molecule has 0 radical (unpaired) electrons. The van der Waals surface area contributed by atoms with Crippen molar-refractivity contribution in [3.05, 3.63) is 78.4 Å². The SMILES string of the molecule is COc1cccc(OC)c1C(=O)O[C@@H](C)C(=O)Nc1ccc(Oc2ccccc2)cc1. The van der Waals surface area contributed by atoms with E-state index in [1.807, 2.05) is 30.3 Å². The fourth-order valence-electron chi connectivity index (χ4n) is 2.80. The number of carbonyl (C=O) groups excluding carboxylic acids is 2. The second kappa shape index (κ2) is 10.2. The summed E-state index contributed by atoms with van der Waals surface area (Å²) in [6.07, 6.45) is -1.04. The molecule has 0 bridgehead atoms. The molecule has 0 aliphatic heterocycles. The van der Waals surface area contributed by atoms with Crippen molar-refractivity contribution in [3.63, 3.8) is 0 Å². The second-order valence-electron chi connectivity index (χ2n) is 6.51. The van der Waals surface area contributed by atoms with E-state index >= 15 is 0 Å². The Hall–Kier alpha value is -4.00. The molecule has 0 aliphatic carbocycles. The van der Waals surface area contributed by atoms with Crippen LogP contribution in [0.5, 0.6) is 23.0 Å².